The predicted octanol–water partition coefficient (Wildman–Crippen LogP) is 2.16. The summed E-state index contributed by atoms with van der Waals surface area (Å²) in [5.41, 5.74) is 7.49. The number of furan rings is 1. The third kappa shape index (κ3) is 4.73. The van der Waals surface area contributed by atoms with Crippen LogP contribution in [0.5, 0.6) is 5.75 Å². The van der Waals surface area contributed by atoms with Crippen molar-refractivity contribution in [3.8, 4) is 17.3 Å². The Labute approximate surface area is 229 Å². The minimum absolute atomic E-state index is 0.115. The van der Waals surface area contributed by atoms with Crippen molar-refractivity contribution in [2.24, 2.45) is 0 Å². The van der Waals surface area contributed by atoms with E-state index in [1.165, 1.54) is 23.8 Å². The summed E-state index contributed by atoms with van der Waals surface area (Å²) in [6.45, 7) is 4.90. The zero-order valence-corrected chi connectivity index (χ0v) is 22.2. The molecule has 1 fully saturated rings. The van der Waals surface area contributed by atoms with Gasteiger partial charge in [-0.05, 0) is 31.2 Å². The molecule has 1 atom stereocenters. The fourth-order valence-corrected chi connectivity index (χ4v) is 5.59. The number of carbonyl (C=O) groups is 1. The fourth-order valence-electron chi connectivity index (χ4n) is 4.66. The van der Waals surface area contributed by atoms with Crippen molar-refractivity contribution >= 4 is 44.9 Å². The first-order valence-corrected chi connectivity index (χ1v) is 13.4. The van der Waals surface area contributed by atoms with Gasteiger partial charge in [-0.2, -0.15) is 9.50 Å². The van der Waals surface area contributed by atoms with Crippen molar-refractivity contribution in [3.05, 3.63) is 52.1 Å². The number of benzene rings is 1. The number of hydrogen-bond donors (Lipinski definition) is 2. The van der Waals surface area contributed by atoms with E-state index >= 15 is 0 Å². The maximum Gasteiger partial charge on any atom is 0.344 e. The lowest BCUT2D eigenvalue weighted by Crippen LogP contribution is -2.47. The molecule has 0 saturated carbocycles. The molecule has 1 unspecified atom stereocenters. The monoisotopic (exact) mass is 568 g/mol. The van der Waals surface area contributed by atoms with E-state index < -0.39 is 17.9 Å². The molecular weight excluding hydrogens is 543 g/mol. The van der Waals surface area contributed by atoms with E-state index in [1.54, 1.807) is 28.8 Å². The number of nitrogens with two attached hydrogens (primary N) is 1. The number of ether oxygens (including phenoxy) is 1. The number of nitrogen functional groups attached to an aromatic ring is 1. The van der Waals surface area contributed by atoms with Crippen LogP contribution >= 0.6 is 11.3 Å². The van der Waals surface area contributed by atoms with E-state index in [2.05, 4.69) is 20.0 Å². The molecule has 1 saturated heterocycles. The number of hydrogen-bond acceptors (Lipinski definition) is 11. The van der Waals surface area contributed by atoms with Crippen LogP contribution in [-0.2, 0) is 11.3 Å². The van der Waals surface area contributed by atoms with Gasteiger partial charge in [-0.25, -0.2) is 14.2 Å². The number of rotatable bonds is 8. The quantitative estimate of drug-likeness (QED) is 0.283. The molecule has 5 heterocycles. The number of nitrogens with zero attached hydrogens (tertiary/aromatic N) is 7. The third-order valence-electron chi connectivity index (χ3n) is 6.79. The highest BCUT2D eigenvalue weighted by Crippen LogP contribution is 2.27. The first-order chi connectivity index (χ1) is 19.3. The van der Waals surface area contributed by atoms with Crippen LogP contribution in [-0.4, -0.2) is 79.0 Å². The zero-order chi connectivity index (χ0) is 28.0. The van der Waals surface area contributed by atoms with Gasteiger partial charge >= 0.3 is 10.8 Å². The highest BCUT2D eigenvalue weighted by molar-refractivity contribution is 7.17. The standard InChI is InChI=1S/C25H25FN8O5S/c1-14(23(35)36)39-15-4-5-17(16(26)13-15)32-9-6-31(7-10-32)8-11-33-21-19(40-25(33)37)22-28-20(18-3-2-12-38-18)30-34(22)24(27)29-21/h2-5,12-14H,6-11H2,1H3,(H2,27,29)(H,35,36). The number of carboxylic acids is 1. The number of aliphatic carboxylic acids is 1. The number of halogens is 1. The second kappa shape index (κ2) is 10.2. The van der Waals surface area contributed by atoms with Gasteiger partial charge in [0.15, 0.2) is 23.2 Å². The summed E-state index contributed by atoms with van der Waals surface area (Å²) >= 11 is 1.04. The Balaban J connectivity index is 1.13. The molecule has 5 aromatic rings. The summed E-state index contributed by atoms with van der Waals surface area (Å²) in [5.74, 6) is -0.479. The van der Waals surface area contributed by atoms with Gasteiger partial charge in [0.2, 0.25) is 11.8 Å². The molecule has 0 aliphatic carbocycles. The molecule has 15 heteroatoms. The van der Waals surface area contributed by atoms with Gasteiger partial charge < -0.3 is 24.9 Å². The highest BCUT2D eigenvalue weighted by atomic mass is 32.1. The summed E-state index contributed by atoms with van der Waals surface area (Å²) in [4.78, 5) is 36.9. The van der Waals surface area contributed by atoms with Gasteiger partial charge in [0.1, 0.15) is 16.3 Å². The van der Waals surface area contributed by atoms with Crippen molar-refractivity contribution in [2.75, 3.05) is 43.4 Å². The predicted molar refractivity (Wildman–Crippen MR) is 145 cm³/mol. The molecule has 208 valence electrons. The molecule has 0 bridgehead atoms. The summed E-state index contributed by atoms with van der Waals surface area (Å²) in [6, 6.07) is 7.85. The third-order valence-corrected chi connectivity index (χ3v) is 7.75. The lowest BCUT2D eigenvalue weighted by Gasteiger charge is -2.36. The molecule has 1 aliphatic heterocycles. The van der Waals surface area contributed by atoms with Crippen molar-refractivity contribution in [1.29, 1.82) is 0 Å². The molecule has 1 aliphatic rings. The van der Waals surface area contributed by atoms with Gasteiger partial charge in [-0.15, -0.1) is 5.10 Å². The van der Waals surface area contributed by atoms with Crippen LogP contribution in [0.2, 0.25) is 0 Å². The number of aromatic nitrogens is 5. The molecule has 6 rings (SSSR count). The van der Waals surface area contributed by atoms with Crippen LogP contribution in [0.1, 0.15) is 6.92 Å². The lowest BCUT2D eigenvalue weighted by molar-refractivity contribution is -0.144. The van der Waals surface area contributed by atoms with Crippen LogP contribution in [0.15, 0.2) is 45.8 Å². The molecule has 0 radical (unpaired) electrons. The Morgan fingerprint density at radius 2 is 2.00 bits per heavy atom. The molecule has 40 heavy (non-hydrogen) atoms. The van der Waals surface area contributed by atoms with Crippen LogP contribution in [0.3, 0.4) is 0 Å². The zero-order valence-electron chi connectivity index (χ0n) is 21.4. The van der Waals surface area contributed by atoms with E-state index in [1.807, 2.05) is 4.90 Å². The molecular formula is C25H25FN8O5S. The number of carboxylic acid groups (broad SMARTS) is 1. The summed E-state index contributed by atoms with van der Waals surface area (Å²) in [5, 5.41) is 13.4. The van der Waals surface area contributed by atoms with Gasteiger partial charge in [0.25, 0.3) is 0 Å². The number of fused-ring (bicyclic) bond motifs is 3. The first-order valence-electron chi connectivity index (χ1n) is 12.5. The molecule has 13 nitrogen and oxygen atoms in total. The largest absolute Gasteiger partial charge is 0.479 e. The maximum absolute atomic E-state index is 14.8. The van der Waals surface area contributed by atoms with Gasteiger partial charge in [0, 0.05) is 45.3 Å². The van der Waals surface area contributed by atoms with Gasteiger partial charge in [-0.1, -0.05) is 11.3 Å². The summed E-state index contributed by atoms with van der Waals surface area (Å²) in [6.07, 6.45) is 0.453. The van der Waals surface area contributed by atoms with Crippen LogP contribution in [0.4, 0.5) is 16.0 Å². The SMILES string of the molecule is CC(Oc1ccc(N2CCN(CCn3c(=O)sc4c3nc(N)n3nc(-c5ccco5)nc43)CC2)c(F)c1)C(=O)O. The van der Waals surface area contributed by atoms with Crippen LogP contribution in [0.25, 0.3) is 27.6 Å². The number of thiazole rings is 1. The molecule has 0 spiro atoms. The fraction of sp³-hybridized carbons (Fsp3) is 0.320. The Kier molecular flexibility index (Phi) is 6.59. The minimum Gasteiger partial charge on any atom is -0.479 e. The molecule has 4 aromatic heterocycles. The van der Waals surface area contributed by atoms with Gasteiger partial charge in [0.05, 0.1) is 12.0 Å². The first kappa shape index (κ1) is 25.8. The molecule has 0 amide bonds. The van der Waals surface area contributed by atoms with E-state index in [0.717, 1.165) is 11.3 Å². The summed E-state index contributed by atoms with van der Waals surface area (Å²) in [7, 11) is 0. The smallest absolute Gasteiger partial charge is 0.344 e. The van der Waals surface area contributed by atoms with Crippen LogP contribution in [0, 0.1) is 5.82 Å². The van der Waals surface area contributed by atoms with E-state index in [9.17, 15) is 14.0 Å². The van der Waals surface area contributed by atoms with Crippen molar-refractivity contribution in [1.82, 2.24) is 29.0 Å². The van der Waals surface area contributed by atoms with Crippen molar-refractivity contribution < 1.29 is 23.4 Å². The van der Waals surface area contributed by atoms with E-state index in [-0.39, 0.29) is 16.6 Å². The minimum atomic E-state index is -1.12. The normalized spacial score (nSPS) is 15.2. The second-order valence-corrected chi connectivity index (χ2v) is 10.3. The van der Waals surface area contributed by atoms with Crippen molar-refractivity contribution in [3.63, 3.8) is 0 Å². The Bertz CT molecular complexity index is 1760. The number of anilines is 2. The van der Waals surface area contributed by atoms with Crippen molar-refractivity contribution in [2.45, 2.75) is 19.6 Å². The lowest BCUT2D eigenvalue weighted by atomic mass is 10.2. The maximum atomic E-state index is 14.8. The average molecular weight is 569 g/mol. The Morgan fingerprint density at radius 1 is 1.20 bits per heavy atom. The topological polar surface area (TPSA) is 157 Å². The van der Waals surface area contributed by atoms with E-state index in [0.29, 0.717) is 72.5 Å². The molecule has 3 N–H and O–H groups in total. The Hall–Kier alpha value is -4.50. The van der Waals surface area contributed by atoms with E-state index in [4.69, 9.17) is 20.0 Å². The number of piperazine rings is 1. The van der Waals surface area contributed by atoms with Gasteiger partial charge in [-0.3, -0.25) is 14.3 Å². The summed E-state index contributed by atoms with van der Waals surface area (Å²) < 4.78 is 29.0. The second-order valence-electron chi connectivity index (χ2n) is 9.33. The Morgan fingerprint density at radius 3 is 2.70 bits per heavy atom. The average Bonchev–Trinajstić information content (AvgIpc) is 3.67. The molecule has 1 aromatic carbocycles. The van der Waals surface area contributed by atoms with Crippen LogP contribution < -0.4 is 20.2 Å². The highest BCUT2D eigenvalue weighted by Gasteiger charge is 2.23.